The van der Waals surface area contributed by atoms with Gasteiger partial charge in [0, 0.05) is 11.5 Å². The van der Waals surface area contributed by atoms with Crippen LogP contribution in [0, 0.1) is 25.2 Å². The molecule has 0 unspecified atom stereocenters. The first-order valence-corrected chi connectivity index (χ1v) is 6.40. The van der Waals surface area contributed by atoms with Crippen molar-refractivity contribution >= 4 is 16.7 Å². The van der Waals surface area contributed by atoms with E-state index in [1.54, 1.807) is 6.92 Å². The second kappa shape index (κ2) is 4.49. The molecule has 0 amide bonds. The molecular formula is C15H13N5O. The lowest BCUT2D eigenvalue weighted by Crippen LogP contribution is -2.11. The van der Waals surface area contributed by atoms with E-state index >= 15 is 0 Å². The quantitative estimate of drug-likeness (QED) is 0.709. The van der Waals surface area contributed by atoms with Gasteiger partial charge in [-0.1, -0.05) is 11.6 Å². The van der Waals surface area contributed by atoms with E-state index in [2.05, 4.69) is 10.1 Å². The van der Waals surface area contributed by atoms with Crippen LogP contribution in [0.4, 0.5) is 5.82 Å². The highest BCUT2D eigenvalue weighted by molar-refractivity contribution is 5.88. The molecule has 0 fully saturated rings. The maximum absolute atomic E-state index is 11.8. The molecule has 2 heterocycles. The lowest BCUT2D eigenvalue weighted by atomic mass is 10.1. The number of hydrogen-bond donors (Lipinski definition) is 2. The van der Waals surface area contributed by atoms with Gasteiger partial charge >= 0.3 is 0 Å². The highest BCUT2D eigenvalue weighted by Crippen LogP contribution is 2.25. The first-order valence-electron chi connectivity index (χ1n) is 6.40. The number of anilines is 1. The van der Waals surface area contributed by atoms with Gasteiger partial charge in [0.05, 0.1) is 16.9 Å². The summed E-state index contributed by atoms with van der Waals surface area (Å²) in [6.07, 6.45) is 0. The van der Waals surface area contributed by atoms with Crippen LogP contribution in [-0.4, -0.2) is 14.8 Å². The van der Waals surface area contributed by atoms with Gasteiger partial charge in [0.1, 0.15) is 17.5 Å². The molecule has 0 aliphatic carbocycles. The van der Waals surface area contributed by atoms with Gasteiger partial charge < -0.3 is 10.7 Å². The lowest BCUT2D eigenvalue weighted by molar-refractivity contribution is 0.875. The number of nitriles is 1. The molecule has 3 rings (SSSR count). The summed E-state index contributed by atoms with van der Waals surface area (Å²) in [5, 5.41) is 14.2. The van der Waals surface area contributed by atoms with Crippen molar-refractivity contribution in [2.24, 2.45) is 0 Å². The van der Waals surface area contributed by atoms with Crippen LogP contribution in [0.25, 0.3) is 16.6 Å². The van der Waals surface area contributed by atoms with Crippen LogP contribution in [0.2, 0.25) is 0 Å². The van der Waals surface area contributed by atoms with Gasteiger partial charge in [-0.15, -0.1) is 0 Å². The number of H-pyrrole nitrogens is 1. The number of benzene rings is 1. The summed E-state index contributed by atoms with van der Waals surface area (Å²) in [4.78, 5) is 14.6. The summed E-state index contributed by atoms with van der Waals surface area (Å²) >= 11 is 0. The summed E-state index contributed by atoms with van der Waals surface area (Å²) in [6, 6.07) is 9.17. The molecule has 3 N–H and O–H groups in total. The maximum Gasteiger partial charge on any atom is 0.250 e. The molecule has 0 radical (unpaired) electrons. The second-order valence-corrected chi connectivity index (χ2v) is 4.94. The van der Waals surface area contributed by atoms with Crippen molar-refractivity contribution in [3.63, 3.8) is 0 Å². The molecule has 6 nitrogen and oxygen atoms in total. The number of aryl methyl sites for hydroxylation is 2. The summed E-state index contributed by atoms with van der Waals surface area (Å²) in [5.41, 5.74) is 8.94. The van der Waals surface area contributed by atoms with Crippen molar-refractivity contribution in [3.05, 3.63) is 51.4 Å². The zero-order valence-electron chi connectivity index (χ0n) is 11.6. The Morgan fingerprint density at radius 3 is 2.76 bits per heavy atom. The van der Waals surface area contributed by atoms with Gasteiger partial charge in [-0.05, 0) is 26.0 Å². The van der Waals surface area contributed by atoms with E-state index in [1.165, 1.54) is 10.7 Å². The standard InChI is InChI=1S/C15H13N5O/c1-8-3-4-12-10(5-8)13(6-14(21)18-12)20-15(17)11(7-16)9(2)19-20/h3-6H,17H2,1-2H3,(H,18,21). The Hall–Kier alpha value is -3.07. The SMILES string of the molecule is Cc1ccc2[nH]c(=O)cc(-n3nc(C)c(C#N)c3N)c2c1. The van der Waals surface area contributed by atoms with E-state index in [1.807, 2.05) is 31.2 Å². The van der Waals surface area contributed by atoms with E-state index in [9.17, 15) is 4.79 Å². The van der Waals surface area contributed by atoms with Crippen molar-refractivity contribution in [3.8, 4) is 11.8 Å². The molecule has 0 atom stereocenters. The van der Waals surface area contributed by atoms with Gasteiger partial charge in [-0.3, -0.25) is 4.79 Å². The average Bonchev–Trinajstić information content (AvgIpc) is 2.73. The number of aromatic nitrogens is 3. The number of nitrogen functional groups attached to an aromatic ring is 1. The van der Waals surface area contributed by atoms with Gasteiger partial charge in [0.15, 0.2) is 0 Å². The number of aromatic amines is 1. The normalized spacial score (nSPS) is 10.7. The fraction of sp³-hybridized carbons (Fsp3) is 0.133. The van der Waals surface area contributed by atoms with Crippen LogP contribution in [-0.2, 0) is 0 Å². The molecule has 0 aliphatic rings. The Labute approximate surface area is 120 Å². The van der Waals surface area contributed by atoms with Gasteiger partial charge in [-0.25, -0.2) is 4.68 Å². The first kappa shape index (κ1) is 12.9. The number of fused-ring (bicyclic) bond motifs is 1. The van der Waals surface area contributed by atoms with Gasteiger partial charge in [0.25, 0.3) is 5.56 Å². The molecule has 0 aliphatic heterocycles. The number of rotatable bonds is 1. The topological polar surface area (TPSA) is 100 Å². The number of nitrogens with zero attached hydrogens (tertiary/aromatic N) is 3. The third-order valence-corrected chi connectivity index (χ3v) is 3.41. The predicted molar refractivity (Wildman–Crippen MR) is 80.3 cm³/mol. The van der Waals surface area contributed by atoms with Crippen molar-refractivity contribution in [2.45, 2.75) is 13.8 Å². The Morgan fingerprint density at radius 2 is 2.10 bits per heavy atom. The highest BCUT2D eigenvalue weighted by atomic mass is 16.1. The monoisotopic (exact) mass is 279 g/mol. The molecule has 21 heavy (non-hydrogen) atoms. The summed E-state index contributed by atoms with van der Waals surface area (Å²) in [5.74, 6) is 0.239. The van der Waals surface area contributed by atoms with Crippen LogP contribution < -0.4 is 11.3 Å². The zero-order chi connectivity index (χ0) is 15.1. The van der Waals surface area contributed by atoms with Crippen LogP contribution in [0.1, 0.15) is 16.8 Å². The van der Waals surface area contributed by atoms with Gasteiger partial charge in [0.2, 0.25) is 0 Å². The van der Waals surface area contributed by atoms with Crippen molar-refractivity contribution in [1.29, 1.82) is 5.26 Å². The highest BCUT2D eigenvalue weighted by Gasteiger charge is 2.15. The fourth-order valence-corrected chi connectivity index (χ4v) is 2.39. The van der Waals surface area contributed by atoms with E-state index in [-0.39, 0.29) is 11.4 Å². The minimum atomic E-state index is -0.243. The number of nitrogens with two attached hydrogens (primary N) is 1. The number of pyridine rings is 1. The third-order valence-electron chi connectivity index (χ3n) is 3.41. The smallest absolute Gasteiger partial charge is 0.250 e. The fourth-order valence-electron chi connectivity index (χ4n) is 2.39. The van der Waals surface area contributed by atoms with Crippen LogP contribution in [0.5, 0.6) is 0 Å². The summed E-state index contributed by atoms with van der Waals surface area (Å²) < 4.78 is 1.45. The average molecular weight is 279 g/mol. The van der Waals surface area contributed by atoms with E-state index in [0.717, 1.165) is 10.9 Å². The van der Waals surface area contributed by atoms with Crippen molar-refractivity contribution in [2.75, 3.05) is 5.73 Å². The minimum Gasteiger partial charge on any atom is -0.382 e. The van der Waals surface area contributed by atoms with E-state index < -0.39 is 0 Å². The lowest BCUT2D eigenvalue weighted by Gasteiger charge is -2.08. The largest absolute Gasteiger partial charge is 0.382 e. The summed E-state index contributed by atoms with van der Waals surface area (Å²) in [6.45, 7) is 3.68. The van der Waals surface area contributed by atoms with Crippen LogP contribution in [0.15, 0.2) is 29.1 Å². The molecule has 0 bridgehead atoms. The summed E-state index contributed by atoms with van der Waals surface area (Å²) in [7, 11) is 0. The molecule has 3 aromatic rings. The molecule has 0 saturated heterocycles. The van der Waals surface area contributed by atoms with Gasteiger partial charge in [-0.2, -0.15) is 10.4 Å². The van der Waals surface area contributed by atoms with E-state index in [0.29, 0.717) is 22.5 Å². The maximum atomic E-state index is 11.8. The number of hydrogen-bond acceptors (Lipinski definition) is 4. The van der Waals surface area contributed by atoms with Crippen LogP contribution in [0.3, 0.4) is 0 Å². The molecule has 104 valence electrons. The molecule has 1 aromatic carbocycles. The van der Waals surface area contributed by atoms with E-state index in [4.69, 9.17) is 11.0 Å². The predicted octanol–water partition coefficient (Wildman–Crippen LogP) is 1.78. The minimum absolute atomic E-state index is 0.239. The Balaban J connectivity index is 2.43. The molecule has 0 saturated carbocycles. The molecule has 2 aromatic heterocycles. The third kappa shape index (κ3) is 1.96. The molecule has 0 spiro atoms. The Morgan fingerprint density at radius 1 is 1.33 bits per heavy atom. The molecular weight excluding hydrogens is 266 g/mol. The molecule has 6 heteroatoms. The first-order chi connectivity index (χ1) is 10.0. The number of nitrogens with one attached hydrogen (secondary N) is 1. The van der Waals surface area contributed by atoms with Crippen molar-refractivity contribution < 1.29 is 0 Å². The van der Waals surface area contributed by atoms with Crippen LogP contribution >= 0.6 is 0 Å². The Bertz CT molecular complexity index is 959. The van der Waals surface area contributed by atoms with Crippen molar-refractivity contribution in [1.82, 2.24) is 14.8 Å². The second-order valence-electron chi connectivity index (χ2n) is 4.94. The zero-order valence-corrected chi connectivity index (χ0v) is 11.6. The Kier molecular flexibility index (Phi) is 2.77.